The molecule has 10 heteroatoms. The highest BCUT2D eigenvalue weighted by Gasteiger charge is 2.40. The minimum atomic E-state index is -0.922. The molecule has 1 aromatic carbocycles. The molecule has 1 aliphatic rings. The first kappa shape index (κ1) is 26.3. The number of benzene rings is 1. The van der Waals surface area contributed by atoms with Crippen LogP contribution in [0.1, 0.15) is 43.1 Å². The molecule has 0 spiro atoms. The minimum Gasteiger partial charge on any atom is -0.481 e. The fourth-order valence-electron chi connectivity index (χ4n) is 4.85. The van der Waals surface area contributed by atoms with E-state index in [2.05, 4.69) is 15.3 Å². The van der Waals surface area contributed by atoms with Gasteiger partial charge in [-0.1, -0.05) is 36.7 Å². The zero-order valence-electron chi connectivity index (χ0n) is 20.4. The maximum atomic E-state index is 15.5. The zero-order valence-corrected chi connectivity index (χ0v) is 21.1. The highest BCUT2D eigenvalue weighted by Crippen LogP contribution is 2.45. The van der Waals surface area contributed by atoms with Crippen LogP contribution in [0.4, 0.5) is 8.78 Å². The lowest BCUT2D eigenvalue weighted by Crippen LogP contribution is -2.46. The van der Waals surface area contributed by atoms with E-state index in [0.717, 1.165) is 28.4 Å². The van der Waals surface area contributed by atoms with Crippen molar-refractivity contribution in [1.82, 2.24) is 20.2 Å². The highest BCUT2D eigenvalue weighted by atomic mass is 35.5. The molecule has 4 rings (SSSR count). The van der Waals surface area contributed by atoms with Gasteiger partial charge in [0.15, 0.2) is 0 Å². The van der Waals surface area contributed by atoms with Gasteiger partial charge in [0.1, 0.15) is 17.4 Å². The van der Waals surface area contributed by atoms with Crippen LogP contribution in [0.5, 0.6) is 5.88 Å². The molecule has 1 aliphatic heterocycles. The van der Waals surface area contributed by atoms with Gasteiger partial charge in [-0.15, -0.1) is 0 Å². The summed E-state index contributed by atoms with van der Waals surface area (Å²) < 4.78 is 33.5. The quantitative estimate of drug-likeness (QED) is 0.316. The number of H-pyrrole nitrogens is 1. The van der Waals surface area contributed by atoms with Crippen LogP contribution in [0.15, 0.2) is 30.5 Å². The van der Waals surface area contributed by atoms with Crippen LogP contribution in [-0.4, -0.2) is 64.9 Å². The third-order valence-corrected chi connectivity index (χ3v) is 7.04. The third-order valence-electron chi connectivity index (χ3n) is 6.68. The van der Waals surface area contributed by atoms with Gasteiger partial charge < -0.3 is 20.1 Å². The first-order valence-corrected chi connectivity index (χ1v) is 12.5. The number of nitrogens with zero attached hydrogens (tertiary/aromatic N) is 2. The summed E-state index contributed by atoms with van der Waals surface area (Å²) in [5.41, 5.74) is 2.98. The van der Waals surface area contributed by atoms with Gasteiger partial charge in [-0.05, 0) is 37.9 Å². The molecule has 0 radical (unpaired) electrons. The number of hydrogen-bond donors (Lipinski definition) is 3. The van der Waals surface area contributed by atoms with Crippen LogP contribution >= 0.6 is 11.6 Å². The van der Waals surface area contributed by atoms with Gasteiger partial charge in [-0.2, -0.15) is 0 Å². The maximum absolute atomic E-state index is 15.5. The Kier molecular flexibility index (Phi) is 8.43. The molecule has 3 aromatic rings. The number of carbonyl (C=O) groups is 1. The number of hydrogen-bond acceptors (Lipinski definition) is 5. The molecule has 36 heavy (non-hydrogen) atoms. The Morgan fingerprint density at radius 2 is 2.17 bits per heavy atom. The summed E-state index contributed by atoms with van der Waals surface area (Å²) in [5.74, 6) is -2.09. The van der Waals surface area contributed by atoms with Crippen molar-refractivity contribution < 1.29 is 23.4 Å². The van der Waals surface area contributed by atoms with E-state index in [-0.39, 0.29) is 35.7 Å². The fourth-order valence-corrected chi connectivity index (χ4v) is 5.14. The van der Waals surface area contributed by atoms with Crippen molar-refractivity contribution in [1.29, 1.82) is 0 Å². The van der Waals surface area contributed by atoms with Gasteiger partial charge in [0, 0.05) is 41.3 Å². The van der Waals surface area contributed by atoms with E-state index in [4.69, 9.17) is 16.3 Å². The van der Waals surface area contributed by atoms with E-state index in [0.29, 0.717) is 25.9 Å². The standard InChI is InChI=1S/C26H31ClF2N4O3/c1-15(26(34)35)14-33-16(2)12-18-17-6-3-4-7-20(17)32-23(18)24(33)21-19(29)13-31-25(22(21)27)36-11-10-30-9-5-8-28/h3-4,6-7,13,15-16,24,30,32H,5,8-12,14H2,1-2H3,(H,34,35)/t15?,16-,24-/m1/s1. The number of alkyl halides is 1. The molecule has 194 valence electrons. The lowest BCUT2D eigenvalue weighted by Gasteiger charge is -2.42. The Hall–Kier alpha value is -2.75. The minimum absolute atomic E-state index is 0.0513. The van der Waals surface area contributed by atoms with Crippen LogP contribution < -0.4 is 10.1 Å². The summed E-state index contributed by atoms with van der Waals surface area (Å²) in [6, 6.07) is 7.16. The van der Waals surface area contributed by atoms with Crippen molar-refractivity contribution in [3.63, 3.8) is 0 Å². The number of aromatic amines is 1. The fraction of sp³-hybridized carbons (Fsp3) is 0.462. The highest BCUT2D eigenvalue weighted by molar-refractivity contribution is 6.32. The number of para-hydroxylation sites is 1. The van der Waals surface area contributed by atoms with Crippen molar-refractivity contribution in [2.45, 2.75) is 38.8 Å². The largest absolute Gasteiger partial charge is 0.481 e. The number of aromatic nitrogens is 2. The Morgan fingerprint density at radius 3 is 2.92 bits per heavy atom. The van der Waals surface area contributed by atoms with Crippen molar-refractivity contribution in [3.05, 3.63) is 58.1 Å². The van der Waals surface area contributed by atoms with Gasteiger partial charge in [0.05, 0.1) is 24.8 Å². The lowest BCUT2D eigenvalue weighted by molar-refractivity contribution is -0.142. The van der Waals surface area contributed by atoms with Crippen molar-refractivity contribution >= 4 is 28.5 Å². The number of rotatable bonds is 11. The second kappa shape index (κ2) is 11.5. The summed E-state index contributed by atoms with van der Waals surface area (Å²) in [7, 11) is 0. The molecule has 3 N–H and O–H groups in total. The third kappa shape index (κ3) is 5.33. The number of aliphatic carboxylic acids is 1. The molecule has 0 bridgehead atoms. The summed E-state index contributed by atoms with van der Waals surface area (Å²) >= 11 is 6.73. The molecular weight excluding hydrogens is 490 g/mol. The summed E-state index contributed by atoms with van der Waals surface area (Å²) in [4.78, 5) is 21.2. The number of pyridine rings is 1. The topological polar surface area (TPSA) is 90.5 Å². The van der Waals surface area contributed by atoms with E-state index in [1.165, 1.54) is 0 Å². The molecule has 3 heterocycles. The van der Waals surface area contributed by atoms with Crippen molar-refractivity contribution in [2.75, 3.05) is 32.9 Å². The predicted molar refractivity (Wildman–Crippen MR) is 135 cm³/mol. The summed E-state index contributed by atoms with van der Waals surface area (Å²) in [5, 5.41) is 13.8. The van der Waals surface area contributed by atoms with Crippen LogP contribution in [0.25, 0.3) is 10.9 Å². The summed E-state index contributed by atoms with van der Waals surface area (Å²) in [6.45, 7) is 4.68. The Bertz CT molecular complexity index is 1220. The Balaban J connectivity index is 1.75. The van der Waals surface area contributed by atoms with E-state index in [9.17, 15) is 14.3 Å². The van der Waals surface area contributed by atoms with Gasteiger partial charge in [0.25, 0.3) is 0 Å². The molecule has 3 atom stereocenters. The van der Waals surface area contributed by atoms with E-state index in [1.54, 1.807) is 6.92 Å². The van der Waals surface area contributed by atoms with E-state index < -0.39 is 30.4 Å². The molecule has 0 fully saturated rings. The van der Waals surface area contributed by atoms with Crippen molar-refractivity contribution in [2.24, 2.45) is 5.92 Å². The number of halogens is 3. The molecule has 2 aromatic heterocycles. The average molecular weight is 521 g/mol. The summed E-state index contributed by atoms with van der Waals surface area (Å²) in [6.07, 6.45) is 2.19. The smallest absolute Gasteiger partial charge is 0.307 e. The average Bonchev–Trinajstić information content (AvgIpc) is 3.22. The Morgan fingerprint density at radius 1 is 1.39 bits per heavy atom. The molecule has 7 nitrogen and oxygen atoms in total. The van der Waals surface area contributed by atoms with Crippen LogP contribution in [-0.2, 0) is 11.2 Å². The molecule has 0 saturated carbocycles. The van der Waals surface area contributed by atoms with Gasteiger partial charge in [0.2, 0.25) is 5.88 Å². The number of carboxylic acid groups (broad SMARTS) is 1. The van der Waals surface area contributed by atoms with E-state index in [1.807, 2.05) is 36.1 Å². The molecule has 0 amide bonds. The zero-order chi connectivity index (χ0) is 25.8. The van der Waals surface area contributed by atoms with Gasteiger partial charge in [-0.3, -0.25) is 14.1 Å². The monoisotopic (exact) mass is 520 g/mol. The number of carboxylic acids is 1. The van der Waals surface area contributed by atoms with Crippen LogP contribution in [0.3, 0.4) is 0 Å². The second-order valence-corrected chi connectivity index (χ2v) is 9.61. The molecule has 0 aliphatic carbocycles. The predicted octanol–water partition coefficient (Wildman–Crippen LogP) is 4.74. The van der Waals surface area contributed by atoms with Gasteiger partial charge >= 0.3 is 5.97 Å². The van der Waals surface area contributed by atoms with Crippen LogP contribution in [0.2, 0.25) is 5.02 Å². The number of fused-ring (bicyclic) bond motifs is 3. The Labute approximate surface area is 213 Å². The molecular formula is C26H31ClF2N4O3. The van der Waals surface area contributed by atoms with Crippen LogP contribution in [0, 0.1) is 11.7 Å². The first-order chi connectivity index (χ1) is 17.3. The number of ether oxygens (including phenoxy) is 1. The van der Waals surface area contributed by atoms with Gasteiger partial charge in [-0.25, -0.2) is 9.37 Å². The first-order valence-electron chi connectivity index (χ1n) is 12.1. The number of nitrogens with one attached hydrogen (secondary N) is 2. The second-order valence-electron chi connectivity index (χ2n) is 9.23. The normalized spacial score (nSPS) is 18.8. The maximum Gasteiger partial charge on any atom is 0.307 e. The van der Waals surface area contributed by atoms with Crippen molar-refractivity contribution in [3.8, 4) is 5.88 Å². The SMILES string of the molecule is CC(CN1[C@H](c2c(F)cnc(OCCNCCCF)c2Cl)c2[nH]c3ccccc3c2C[C@H]1C)C(=O)O. The lowest BCUT2D eigenvalue weighted by atomic mass is 9.88. The van der Waals surface area contributed by atoms with E-state index >= 15 is 4.39 Å². The molecule has 0 saturated heterocycles. The molecule has 1 unspecified atom stereocenters.